The van der Waals surface area contributed by atoms with Crippen molar-refractivity contribution in [3.63, 3.8) is 0 Å². The van der Waals surface area contributed by atoms with E-state index in [9.17, 15) is 34.2 Å². The Hall–Kier alpha value is -4.79. The Bertz CT molecular complexity index is 1640. The van der Waals surface area contributed by atoms with Gasteiger partial charge in [0.15, 0.2) is 11.6 Å². The Balaban J connectivity index is 1.49. The maximum atomic E-state index is 13.9. The number of carbonyl (C=O) groups excluding carboxylic acids is 4. The zero-order chi connectivity index (χ0) is 28.5. The van der Waals surface area contributed by atoms with Crippen LogP contribution in [0.2, 0.25) is 0 Å². The van der Waals surface area contributed by atoms with Crippen LogP contribution in [0.4, 0.5) is 5.69 Å². The molecule has 0 aromatic heterocycles. The second-order valence-electron chi connectivity index (χ2n) is 10.5. The fourth-order valence-corrected chi connectivity index (χ4v) is 6.66. The topological polar surface area (TPSA) is 138 Å². The van der Waals surface area contributed by atoms with E-state index in [2.05, 4.69) is 0 Å². The molecule has 1 saturated heterocycles. The molecule has 1 fully saturated rings. The number of Topliss-reactive ketones (excluding diaryl/α,β-unsaturated/α-hetero) is 1. The third-order valence-electron chi connectivity index (χ3n) is 8.46. The average Bonchev–Trinajstić information content (AvgIpc) is 3.20. The number of benzene rings is 2. The summed E-state index contributed by atoms with van der Waals surface area (Å²) in [6.45, 7) is 1.57. The standard InChI is InChI=1S/C31H25NO8/c1-14-10-24(34)27-22(28(14)35)13-20-18(25(27)21-12-17(40-2)6-9-23(21)33)7-8-19-26(20)30(37)32(29(19)36)16-5-3-4-15(11-16)31(38)39/h3-7,9-12,19-20,25-26,33H,8,13H2,1-2H3,(H,38,39). The van der Waals surface area contributed by atoms with Crippen LogP contribution >= 0.6 is 0 Å². The van der Waals surface area contributed by atoms with E-state index >= 15 is 0 Å². The molecule has 2 aromatic carbocycles. The van der Waals surface area contributed by atoms with Crippen LogP contribution in [0.5, 0.6) is 11.5 Å². The Morgan fingerprint density at radius 2 is 1.80 bits per heavy atom. The lowest BCUT2D eigenvalue weighted by Gasteiger charge is -2.42. The van der Waals surface area contributed by atoms with E-state index in [4.69, 9.17) is 4.74 Å². The Kier molecular flexibility index (Phi) is 5.83. The molecule has 1 heterocycles. The molecule has 1 aliphatic heterocycles. The minimum atomic E-state index is -1.18. The number of fused-ring (bicyclic) bond motifs is 3. The van der Waals surface area contributed by atoms with Crippen molar-refractivity contribution in [1.29, 1.82) is 0 Å². The maximum Gasteiger partial charge on any atom is 0.335 e. The molecule has 40 heavy (non-hydrogen) atoms. The van der Waals surface area contributed by atoms with Gasteiger partial charge in [0.2, 0.25) is 11.8 Å². The van der Waals surface area contributed by atoms with Gasteiger partial charge in [-0.25, -0.2) is 4.79 Å². The molecular weight excluding hydrogens is 514 g/mol. The highest BCUT2D eigenvalue weighted by Crippen LogP contribution is 2.56. The summed E-state index contributed by atoms with van der Waals surface area (Å²) in [7, 11) is 1.48. The van der Waals surface area contributed by atoms with Gasteiger partial charge in [0, 0.05) is 28.2 Å². The number of imide groups is 1. The van der Waals surface area contributed by atoms with Gasteiger partial charge in [0.25, 0.3) is 0 Å². The third-order valence-corrected chi connectivity index (χ3v) is 8.46. The molecule has 0 saturated carbocycles. The van der Waals surface area contributed by atoms with Crippen molar-refractivity contribution < 1.29 is 38.9 Å². The minimum absolute atomic E-state index is 0.0543. The first-order chi connectivity index (χ1) is 19.1. The van der Waals surface area contributed by atoms with E-state index in [0.29, 0.717) is 16.9 Å². The molecule has 0 radical (unpaired) electrons. The number of amides is 2. The smallest absolute Gasteiger partial charge is 0.335 e. The number of nitrogens with zero attached hydrogens (tertiary/aromatic N) is 1. The van der Waals surface area contributed by atoms with Crippen molar-refractivity contribution in [2.45, 2.75) is 25.7 Å². The summed E-state index contributed by atoms with van der Waals surface area (Å²) in [4.78, 5) is 66.9. The third kappa shape index (κ3) is 3.65. The molecule has 4 aliphatic rings. The number of aromatic carboxylic acids is 1. The SMILES string of the molecule is COc1ccc(O)c(C2C3=CCC4C(=O)N(c5cccc(C(=O)O)c5)C(=O)C4C3CC3=C2C(=O)C=C(C)C3=O)c1. The van der Waals surface area contributed by atoms with Crippen LogP contribution in [0, 0.1) is 17.8 Å². The minimum Gasteiger partial charge on any atom is -0.508 e. The number of carboxylic acids is 1. The van der Waals surface area contributed by atoms with Crippen molar-refractivity contribution in [3.8, 4) is 11.5 Å². The second-order valence-corrected chi connectivity index (χ2v) is 10.5. The molecule has 4 unspecified atom stereocenters. The monoisotopic (exact) mass is 539 g/mol. The Morgan fingerprint density at radius 1 is 1.02 bits per heavy atom. The number of aromatic hydroxyl groups is 1. The molecule has 0 spiro atoms. The van der Waals surface area contributed by atoms with Crippen LogP contribution in [-0.4, -0.2) is 46.7 Å². The number of ketones is 2. The van der Waals surface area contributed by atoms with Gasteiger partial charge in [-0.3, -0.25) is 24.1 Å². The molecule has 2 N–H and O–H groups in total. The quantitative estimate of drug-likeness (QED) is 0.341. The first-order valence-electron chi connectivity index (χ1n) is 12.9. The molecule has 3 aliphatic carbocycles. The normalized spacial score (nSPS) is 25.7. The maximum absolute atomic E-state index is 13.9. The number of carbonyl (C=O) groups is 5. The molecule has 0 bridgehead atoms. The number of phenols is 1. The number of methoxy groups -OCH3 is 1. The van der Waals surface area contributed by atoms with Crippen LogP contribution < -0.4 is 9.64 Å². The van der Waals surface area contributed by atoms with Crippen molar-refractivity contribution >= 4 is 35.0 Å². The van der Waals surface area contributed by atoms with Gasteiger partial charge in [0.05, 0.1) is 30.2 Å². The van der Waals surface area contributed by atoms with Gasteiger partial charge in [-0.15, -0.1) is 0 Å². The molecular formula is C31H25NO8. The summed E-state index contributed by atoms with van der Waals surface area (Å²) < 4.78 is 5.37. The highest BCUT2D eigenvalue weighted by Gasteiger charge is 2.56. The summed E-state index contributed by atoms with van der Waals surface area (Å²) in [6, 6.07) is 10.3. The average molecular weight is 540 g/mol. The van der Waals surface area contributed by atoms with Gasteiger partial charge >= 0.3 is 5.97 Å². The molecule has 4 atom stereocenters. The van der Waals surface area contributed by atoms with Crippen molar-refractivity contribution in [3.05, 3.63) is 88.0 Å². The Morgan fingerprint density at radius 3 is 2.52 bits per heavy atom. The van der Waals surface area contributed by atoms with Gasteiger partial charge in [0.1, 0.15) is 11.5 Å². The van der Waals surface area contributed by atoms with E-state index < -0.39 is 41.5 Å². The fourth-order valence-electron chi connectivity index (χ4n) is 6.66. The number of hydrogen-bond donors (Lipinski definition) is 2. The molecule has 202 valence electrons. The summed E-state index contributed by atoms with van der Waals surface area (Å²) in [5.41, 5.74) is 2.03. The number of hydrogen-bond acceptors (Lipinski definition) is 7. The van der Waals surface area contributed by atoms with E-state index in [1.54, 1.807) is 19.1 Å². The predicted molar refractivity (Wildman–Crippen MR) is 142 cm³/mol. The van der Waals surface area contributed by atoms with Crippen molar-refractivity contribution in [2.75, 3.05) is 12.0 Å². The number of ether oxygens (including phenoxy) is 1. The van der Waals surface area contributed by atoms with E-state index in [1.807, 2.05) is 6.08 Å². The highest BCUT2D eigenvalue weighted by atomic mass is 16.5. The fraction of sp³-hybridized carbons (Fsp3) is 0.258. The summed E-state index contributed by atoms with van der Waals surface area (Å²) in [5, 5.41) is 20.3. The lowest BCUT2D eigenvalue weighted by atomic mass is 9.59. The second kappa shape index (κ2) is 9.15. The number of phenolic OH excluding ortho intramolecular Hbond substituents is 1. The van der Waals surface area contributed by atoms with Crippen LogP contribution in [0.15, 0.2) is 76.9 Å². The number of anilines is 1. The van der Waals surface area contributed by atoms with Crippen molar-refractivity contribution in [1.82, 2.24) is 0 Å². The largest absolute Gasteiger partial charge is 0.508 e. The van der Waals surface area contributed by atoms with Gasteiger partial charge in [-0.1, -0.05) is 17.7 Å². The predicted octanol–water partition coefficient (Wildman–Crippen LogP) is 3.73. The van der Waals surface area contributed by atoms with Gasteiger partial charge < -0.3 is 14.9 Å². The number of allylic oxidation sites excluding steroid dienone is 6. The van der Waals surface area contributed by atoms with E-state index in [1.165, 1.54) is 43.5 Å². The summed E-state index contributed by atoms with van der Waals surface area (Å²) >= 11 is 0. The summed E-state index contributed by atoms with van der Waals surface area (Å²) in [6.07, 6.45) is 3.47. The first-order valence-corrected chi connectivity index (χ1v) is 12.9. The van der Waals surface area contributed by atoms with Crippen molar-refractivity contribution in [2.24, 2.45) is 17.8 Å². The molecule has 9 heteroatoms. The molecule has 2 amide bonds. The van der Waals surface area contributed by atoms with Crippen LogP contribution in [-0.2, 0) is 19.2 Å². The van der Waals surface area contributed by atoms with Crippen LogP contribution in [0.3, 0.4) is 0 Å². The zero-order valence-electron chi connectivity index (χ0n) is 21.7. The molecule has 9 nitrogen and oxygen atoms in total. The first kappa shape index (κ1) is 25.5. The van der Waals surface area contributed by atoms with Crippen LogP contribution in [0.25, 0.3) is 0 Å². The summed E-state index contributed by atoms with van der Waals surface area (Å²) in [5.74, 6) is -5.28. The number of carboxylic acid groups (broad SMARTS) is 1. The van der Waals surface area contributed by atoms with E-state index in [-0.39, 0.29) is 58.1 Å². The molecule has 2 aromatic rings. The number of rotatable bonds is 4. The highest BCUT2D eigenvalue weighted by molar-refractivity contribution is 6.25. The van der Waals surface area contributed by atoms with Gasteiger partial charge in [-0.2, -0.15) is 0 Å². The lowest BCUT2D eigenvalue weighted by Crippen LogP contribution is -2.39. The Labute approximate surface area is 229 Å². The zero-order valence-corrected chi connectivity index (χ0v) is 21.7. The lowest BCUT2D eigenvalue weighted by molar-refractivity contribution is -0.123. The van der Waals surface area contributed by atoms with E-state index in [0.717, 1.165) is 4.90 Å². The van der Waals surface area contributed by atoms with Crippen LogP contribution in [0.1, 0.15) is 41.6 Å². The van der Waals surface area contributed by atoms with Gasteiger partial charge in [-0.05, 0) is 68.2 Å². The molecule has 6 rings (SSSR count).